The summed E-state index contributed by atoms with van der Waals surface area (Å²) in [5.74, 6) is -0.227. The molecule has 0 saturated carbocycles. The lowest BCUT2D eigenvalue weighted by Gasteiger charge is -2.48. The number of halogens is 1. The first-order chi connectivity index (χ1) is 12.3. The normalized spacial score (nSPS) is 15.8. The third-order valence-electron chi connectivity index (χ3n) is 5.05. The van der Waals surface area contributed by atoms with Crippen molar-refractivity contribution in [2.75, 3.05) is 33.7 Å². The quantitative estimate of drug-likeness (QED) is 0.822. The number of aryl methyl sites for hydroxylation is 1. The van der Waals surface area contributed by atoms with E-state index in [1.807, 2.05) is 24.0 Å². The maximum Gasteiger partial charge on any atom is 0.255 e. The number of aromatic nitrogens is 1. The second-order valence-electron chi connectivity index (χ2n) is 7.86. The maximum atomic E-state index is 13.1. The van der Waals surface area contributed by atoms with E-state index in [1.54, 1.807) is 12.1 Å². The Morgan fingerprint density at radius 1 is 1.19 bits per heavy atom. The summed E-state index contributed by atoms with van der Waals surface area (Å²) in [6.07, 6.45) is 1.09. The Bertz CT molecular complexity index is 795. The Labute approximate surface area is 154 Å². The predicted octanol–water partition coefficient (Wildman–Crippen LogP) is 3.61. The summed E-state index contributed by atoms with van der Waals surface area (Å²) in [4.78, 5) is 21.4. The van der Waals surface area contributed by atoms with Crippen LogP contribution in [-0.2, 0) is 0 Å². The van der Waals surface area contributed by atoms with E-state index in [9.17, 15) is 9.18 Å². The average Bonchev–Trinajstić information content (AvgIpc) is 2.57. The van der Waals surface area contributed by atoms with Crippen molar-refractivity contribution in [1.82, 2.24) is 14.8 Å². The number of carbonyl (C=O) groups excluding carboxylic acids is 1. The van der Waals surface area contributed by atoms with Gasteiger partial charge >= 0.3 is 0 Å². The number of benzene rings is 1. The fourth-order valence-corrected chi connectivity index (χ4v) is 3.41. The monoisotopic (exact) mass is 355 g/mol. The third-order valence-corrected chi connectivity index (χ3v) is 5.05. The van der Waals surface area contributed by atoms with Crippen LogP contribution in [0.1, 0.15) is 29.4 Å². The van der Waals surface area contributed by atoms with E-state index in [4.69, 9.17) is 0 Å². The largest absolute Gasteiger partial charge is 0.337 e. The first-order valence-corrected chi connectivity index (χ1v) is 8.95. The summed E-state index contributed by atoms with van der Waals surface area (Å²) >= 11 is 0. The van der Waals surface area contributed by atoms with Gasteiger partial charge in [0.15, 0.2) is 0 Å². The van der Waals surface area contributed by atoms with E-state index >= 15 is 0 Å². The van der Waals surface area contributed by atoms with Crippen LogP contribution >= 0.6 is 0 Å². The molecule has 0 aliphatic carbocycles. The zero-order valence-corrected chi connectivity index (χ0v) is 15.9. The molecule has 0 atom stereocenters. The number of nitrogens with zero attached hydrogens (tertiary/aromatic N) is 3. The van der Waals surface area contributed by atoms with E-state index in [0.29, 0.717) is 11.3 Å². The lowest BCUT2D eigenvalue weighted by molar-refractivity contribution is 0.00800. The third kappa shape index (κ3) is 3.93. The summed E-state index contributed by atoms with van der Waals surface area (Å²) in [6.45, 7) is 6.71. The van der Waals surface area contributed by atoms with Crippen molar-refractivity contribution in [3.05, 3.63) is 53.5 Å². The highest BCUT2D eigenvalue weighted by atomic mass is 19.1. The molecule has 5 heteroatoms. The molecule has 0 radical (unpaired) electrons. The minimum absolute atomic E-state index is 0.0444. The Hall–Kier alpha value is -2.27. The van der Waals surface area contributed by atoms with E-state index in [2.05, 4.69) is 30.9 Å². The van der Waals surface area contributed by atoms with Gasteiger partial charge in [0.1, 0.15) is 5.82 Å². The number of pyridine rings is 1. The second-order valence-corrected chi connectivity index (χ2v) is 7.86. The highest BCUT2D eigenvalue weighted by Gasteiger charge is 2.41. The van der Waals surface area contributed by atoms with E-state index in [1.165, 1.54) is 12.1 Å². The molecule has 1 saturated heterocycles. The van der Waals surface area contributed by atoms with Crippen LogP contribution in [0.4, 0.5) is 4.39 Å². The Balaban J connectivity index is 1.68. The molecule has 138 valence electrons. The van der Waals surface area contributed by atoms with Crippen molar-refractivity contribution in [2.24, 2.45) is 5.41 Å². The van der Waals surface area contributed by atoms with Gasteiger partial charge in [-0.3, -0.25) is 9.78 Å². The molecule has 3 rings (SSSR count). The molecular weight excluding hydrogens is 329 g/mol. The summed E-state index contributed by atoms with van der Waals surface area (Å²) in [5.41, 5.74) is 3.14. The molecule has 1 aromatic carbocycles. The zero-order valence-electron chi connectivity index (χ0n) is 15.9. The molecule has 1 fully saturated rings. The molecule has 4 nitrogen and oxygen atoms in total. The standard InChI is InChI=1S/C21H26FN3O/c1-15-18(9-10-19(23-15)16-5-7-17(22)8-6-16)20(26)25-13-21(2,14-25)11-12-24(3)4/h5-10H,11-14H2,1-4H3. The number of rotatable bonds is 5. The van der Waals surface area contributed by atoms with Crippen LogP contribution in [0.15, 0.2) is 36.4 Å². The van der Waals surface area contributed by atoms with Crippen LogP contribution in [0.3, 0.4) is 0 Å². The van der Waals surface area contributed by atoms with Crippen molar-refractivity contribution in [3.63, 3.8) is 0 Å². The minimum Gasteiger partial charge on any atom is -0.337 e. The lowest BCUT2D eigenvalue weighted by atomic mass is 9.78. The summed E-state index contributed by atoms with van der Waals surface area (Å²) < 4.78 is 13.1. The number of hydrogen-bond donors (Lipinski definition) is 0. The zero-order chi connectivity index (χ0) is 18.9. The highest BCUT2D eigenvalue weighted by molar-refractivity contribution is 5.96. The Morgan fingerprint density at radius 2 is 1.85 bits per heavy atom. The van der Waals surface area contributed by atoms with Gasteiger partial charge in [0.2, 0.25) is 0 Å². The van der Waals surface area contributed by atoms with Gasteiger partial charge in [-0.15, -0.1) is 0 Å². The van der Waals surface area contributed by atoms with Crippen LogP contribution in [0.25, 0.3) is 11.3 Å². The van der Waals surface area contributed by atoms with Crippen LogP contribution in [0, 0.1) is 18.2 Å². The number of amides is 1. The number of carbonyl (C=O) groups is 1. The van der Waals surface area contributed by atoms with E-state index < -0.39 is 0 Å². The molecule has 1 aromatic heterocycles. The van der Waals surface area contributed by atoms with Crippen LogP contribution in [-0.4, -0.2) is 54.4 Å². The van der Waals surface area contributed by atoms with Gasteiger partial charge in [-0.05, 0) is 70.4 Å². The average molecular weight is 355 g/mol. The summed E-state index contributed by atoms with van der Waals surface area (Å²) in [7, 11) is 4.14. The fourth-order valence-electron chi connectivity index (χ4n) is 3.41. The lowest BCUT2D eigenvalue weighted by Crippen LogP contribution is -2.57. The molecule has 1 amide bonds. The molecule has 0 spiro atoms. The molecule has 0 N–H and O–H groups in total. The van der Waals surface area contributed by atoms with Gasteiger partial charge in [-0.25, -0.2) is 4.39 Å². The smallest absolute Gasteiger partial charge is 0.255 e. The molecule has 1 aliphatic heterocycles. The highest BCUT2D eigenvalue weighted by Crippen LogP contribution is 2.34. The molecule has 1 aliphatic rings. The first-order valence-electron chi connectivity index (χ1n) is 8.95. The summed E-state index contributed by atoms with van der Waals surface area (Å²) in [5, 5.41) is 0. The van der Waals surface area contributed by atoms with Crippen molar-refractivity contribution in [1.29, 1.82) is 0 Å². The Kier molecular flexibility index (Phi) is 5.10. The van der Waals surface area contributed by atoms with Crippen molar-refractivity contribution in [2.45, 2.75) is 20.3 Å². The Morgan fingerprint density at radius 3 is 2.42 bits per heavy atom. The van der Waals surface area contributed by atoms with Gasteiger partial charge in [0.25, 0.3) is 5.91 Å². The molecule has 2 aromatic rings. The molecular formula is C21H26FN3O. The van der Waals surface area contributed by atoms with Gasteiger partial charge in [-0.1, -0.05) is 6.92 Å². The van der Waals surface area contributed by atoms with E-state index in [0.717, 1.165) is 37.3 Å². The predicted molar refractivity (Wildman–Crippen MR) is 102 cm³/mol. The second kappa shape index (κ2) is 7.16. The van der Waals surface area contributed by atoms with Gasteiger partial charge < -0.3 is 9.80 Å². The van der Waals surface area contributed by atoms with Crippen molar-refractivity contribution >= 4 is 5.91 Å². The van der Waals surface area contributed by atoms with Crippen LogP contribution in [0.5, 0.6) is 0 Å². The van der Waals surface area contributed by atoms with Gasteiger partial charge in [-0.2, -0.15) is 0 Å². The maximum absolute atomic E-state index is 13.1. The topological polar surface area (TPSA) is 36.4 Å². The molecule has 2 heterocycles. The number of hydrogen-bond acceptors (Lipinski definition) is 3. The molecule has 26 heavy (non-hydrogen) atoms. The van der Waals surface area contributed by atoms with Gasteiger partial charge in [0.05, 0.1) is 17.0 Å². The number of likely N-dealkylation sites (tertiary alicyclic amines) is 1. The molecule has 0 unspecified atom stereocenters. The minimum atomic E-state index is -0.271. The van der Waals surface area contributed by atoms with Gasteiger partial charge in [0, 0.05) is 24.1 Å². The van der Waals surface area contributed by atoms with Crippen LogP contribution < -0.4 is 0 Å². The van der Waals surface area contributed by atoms with Crippen molar-refractivity contribution in [3.8, 4) is 11.3 Å². The van der Waals surface area contributed by atoms with Crippen molar-refractivity contribution < 1.29 is 9.18 Å². The first kappa shape index (κ1) is 18.5. The van der Waals surface area contributed by atoms with Crippen LogP contribution in [0.2, 0.25) is 0 Å². The molecule has 0 bridgehead atoms. The fraction of sp³-hybridized carbons (Fsp3) is 0.429. The SMILES string of the molecule is Cc1nc(-c2ccc(F)cc2)ccc1C(=O)N1CC(C)(CCN(C)C)C1. The summed E-state index contributed by atoms with van der Waals surface area (Å²) in [6, 6.07) is 9.89. The van der Waals surface area contributed by atoms with E-state index in [-0.39, 0.29) is 17.1 Å².